The van der Waals surface area contributed by atoms with Gasteiger partial charge >= 0.3 is 0 Å². The van der Waals surface area contributed by atoms with Crippen LogP contribution >= 0.6 is 0 Å². The third-order valence-electron chi connectivity index (χ3n) is 5.98. The van der Waals surface area contributed by atoms with Crippen LogP contribution in [0, 0.1) is 0 Å². The Morgan fingerprint density at radius 3 is 2.29 bits per heavy atom. The zero-order valence-electron chi connectivity index (χ0n) is 18.5. The lowest BCUT2D eigenvalue weighted by atomic mass is 10.0. The molecule has 2 rings (SSSR count). The Balaban J connectivity index is 1.47. The van der Waals surface area contributed by atoms with Crippen LogP contribution in [0.2, 0.25) is 0 Å². The van der Waals surface area contributed by atoms with Gasteiger partial charge in [0.15, 0.2) is 5.79 Å². The third-order valence-corrected chi connectivity index (χ3v) is 5.98. The van der Waals surface area contributed by atoms with Gasteiger partial charge in [0.25, 0.3) is 0 Å². The van der Waals surface area contributed by atoms with E-state index in [0.29, 0.717) is 6.61 Å². The van der Waals surface area contributed by atoms with Crippen molar-refractivity contribution in [1.82, 2.24) is 0 Å². The Morgan fingerprint density at radius 2 is 1.61 bits per heavy atom. The van der Waals surface area contributed by atoms with Crippen molar-refractivity contribution in [3.05, 3.63) is 12.2 Å². The summed E-state index contributed by atoms with van der Waals surface area (Å²) >= 11 is 0. The molecule has 4 heteroatoms. The lowest BCUT2D eigenvalue weighted by Crippen LogP contribution is -2.33. The van der Waals surface area contributed by atoms with Crippen LogP contribution in [0.15, 0.2) is 12.2 Å². The smallest absolute Gasteiger partial charge is 0.163 e. The summed E-state index contributed by atoms with van der Waals surface area (Å²) in [4.78, 5) is 0. The number of hydrogen-bond donors (Lipinski definition) is 1. The SMILES string of the molecule is CCCCCCCCCC/C=C/CC[C@H](O)[C@@H]1CC[C@H]([C@H]2COC(C)(C)O2)O1. The summed E-state index contributed by atoms with van der Waals surface area (Å²) in [6, 6.07) is 0. The molecule has 2 saturated heterocycles. The number of hydrogen-bond acceptors (Lipinski definition) is 4. The van der Waals surface area contributed by atoms with E-state index in [1.54, 1.807) is 0 Å². The van der Waals surface area contributed by atoms with Gasteiger partial charge < -0.3 is 19.3 Å². The van der Waals surface area contributed by atoms with Gasteiger partial charge in [0, 0.05) is 0 Å². The van der Waals surface area contributed by atoms with Crippen LogP contribution in [0.1, 0.15) is 104 Å². The number of aliphatic hydroxyl groups is 1. The fourth-order valence-electron chi connectivity index (χ4n) is 4.23. The Labute approximate surface area is 173 Å². The molecule has 0 aromatic rings. The Hall–Kier alpha value is -0.420. The molecule has 0 aromatic carbocycles. The predicted octanol–water partition coefficient (Wildman–Crippen LogP) is 5.91. The van der Waals surface area contributed by atoms with Crippen molar-refractivity contribution in [3.8, 4) is 0 Å². The number of rotatable bonds is 14. The molecule has 4 atom stereocenters. The van der Waals surface area contributed by atoms with E-state index in [1.807, 2.05) is 13.8 Å². The van der Waals surface area contributed by atoms with Crippen LogP contribution in [0.25, 0.3) is 0 Å². The Bertz CT molecular complexity index is 434. The fourth-order valence-corrected chi connectivity index (χ4v) is 4.23. The van der Waals surface area contributed by atoms with Gasteiger partial charge in [-0.25, -0.2) is 0 Å². The highest BCUT2D eigenvalue weighted by Crippen LogP contribution is 2.33. The molecule has 0 unspecified atom stereocenters. The molecule has 4 nitrogen and oxygen atoms in total. The maximum atomic E-state index is 10.4. The van der Waals surface area contributed by atoms with Gasteiger partial charge in [-0.1, -0.05) is 64.0 Å². The van der Waals surface area contributed by atoms with Gasteiger partial charge in [-0.05, 0) is 52.4 Å². The van der Waals surface area contributed by atoms with Gasteiger partial charge in [0.2, 0.25) is 0 Å². The highest BCUT2D eigenvalue weighted by molar-refractivity contribution is 4.88. The number of allylic oxidation sites excluding steroid dienone is 2. The number of ether oxygens (including phenoxy) is 3. The first-order chi connectivity index (χ1) is 13.5. The van der Waals surface area contributed by atoms with Crippen LogP contribution in [0.3, 0.4) is 0 Å². The highest BCUT2D eigenvalue weighted by Gasteiger charge is 2.42. The second kappa shape index (κ2) is 13.0. The van der Waals surface area contributed by atoms with Crippen LogP contribution in [0.5, 0.6) is 0 Å². The maximum Gasteiger partial charge on any atom is 0.163 e. The second-order valence-electron chi connectivity index (χ2n) is 9.04. The minimum Gasteiger partial charge on any atom is -0.390 e. The molecule has 0 aromatic heterocycles. The van der Waals surface area contributed by atoms with Crippen LogP contribution in [-0.4, -0.2) is 41.9 Å². The molecule has 2 heterocycles. The van der Waals surface area contributed by atoms with E-state index in [1.165, 1.54) is 57.8 Å². The molecule has 2 fully saturated rings. The van der Waals surface area contributed by atoms with E-state index >= 15 is 0 Å². The first kappa shape index (κ1) is 23.9. The molecule has 164 valence electrons. The van der Waals surface area contributed by atoms with Gasteiger partial charge in [-0.3, -0.25) is 0 Å². The molecule has 0 saturated carbocycles. The van der Waals surface area contributed by atoms with Gasteiger partial charge in [0.05, 0.1) is 24.9 Å². The summed E-state index contributed by atoms with van der Waals surface area (Å²) in [5.41, 5.74) is 0. The fraction of sp³-hybridized carbons (Fsp3) is 0.917. The van der Waals surface area contributed by atoms with Crippen molar-refractivity contribution in [2.75, 3.05) is 6.61 Å². The largest absolute Gasteiger partial charge is 0.390 e. The molecule has 0 radical (unpaired) electrons. The van der Waals surface area contributed by atoms with E-state index in [9.17, 15) is 5.11 Å². The first-order valence-electron chi connectivity index (χ1n) is 11.8. The van der Waals surface area contributed by atoms with Crippen molar-refractivity contribution in [1.29, 1.82) is 0 Å². The van der Waals surface area contributed by atoms with Crippen molar-refractivity contribution in [3.63, 3.8) is 0 Å². The monoisotopic (exact) mass is 396 g/mol. The summed E-state index contributed by atoms with van der Waals surface area (Å²) in [5.74, 6) is -0.509. The third kappa shape index (κ3) is 8.94. The van der Waals surface area contributed by atoms with Crippen LogP contribution < -0.4 is 0 Å². The second-order valence-corrected chi connectivity index (χ2v) is 9.04. The Kier molecular flexibility index (Phi) is 11.1. The average Bonchev–Trinajstić information content (AvgIpc) is 3.29. The first-order valence-corrected chi connectivity index (χ1v) is 11.8. The molecular weight excluding hydrogens is 352 g/mol. The van der Waals surface area contributed by atoms with E-state index in [-0.39, 0.29) is 24.4 Å². The number of aliphatic hydroxyl groups excluding tert-OH is 1. The summed E-state index contributed by atoms with van der Waals surface area (Å²) in [6.45, 7) is 6.73. The topological polar surface area (TPSA) is 47.9 Å². The molecule has 28 heavy (non-hydrogen) atoms. The van der Waals surface area contributed by atoms with Crippen molar-refractivity contribution >= 4 is 0 Å². The molecular formula is C24H44O4. The van der Waals surface area contributed by atoms with Gasteiger partial charge in [-0.15, -0.1) is 0 Å². The van der Waals surface area contributed by atoms with Gasteiger partial charge in [0.1, 0.15) is 6.10 Å². The number of unbranched alkanes of at least 4 members (excludes halogenated alkanes) is 8. The quantitative estimate of drug-likeness (QED) is 0.293. The molecule has 2 aliphatic heterocycles. The van der Waals surface area contributed by atoms with Crippen molar-refractivity contribution < 1.29 is 19.3 Å². The van der Waals surface area contributed by atoms with Crippen LogP contribution in [0.4, 0.5) is 0 Å². The lowest BCUT2D eigenvalue weighted by Gasteiger charge is -2.23. The molecule has 0 bridgehead atoms. The maximum absolute atomic E-state index is 10.4. The van der Waals surface area contributed by atoms with Gasteiger partial charge in [-0.2, -0.15) is 0 Å². The van der Waals surface area contributed by atoms with E-state index in [0.717, 1.165) is 25.7 Å². The standard InChI is InChI=1S/C24H44O4/c1-4-5-6-7-8-9-10-11-12-13-14-15-16-20(25)21-17-18-22(27-21)23-19-26-24(2,3)28-23/h13-14,20-23,25H,4-12,15-19H2,1-3H3/b14-13+/t20-,21-,22+,23+/m0/s1. The van der Waals surface area contributed by atoms with Crippen LogP contribution in [-0.2, 0) is 14.2 Å². The molecule has 0 spiro atoms. The predicted molar refractivity (Wildman–Crippen MR) is 114 cm³/mol. The van der Waals surface area contributed by atoms with E-state index < -0.39 is 5.79 Å². The molecule has 0 aliphatic carbocycles. The van der Waals surface area contributed by atoms with E-state index in [2.05, 4.69) is 19.1 Å². The van der Waals surface area contributed by atoms with E-state index in [4.69, 9.17) is 14.2 Å². The summed E-state index contributed by atoms with van der Waals surface area (Å²) in [7, 11) is 0. The summed E-state index contributed by atoms with van der Waals surface area (Å²) in [5, 5.41) is 10.4. The van der Waals surface area contributed by atoms with Crippen molar-refractivity contribution in [2.45, 2.75) is 134 Å². The summed E-state index contributed by atoms with van der Waals surface area (Å²) in [6.07, 6.45) is 19.8. The molecule has 1 N–H and O–H groups in total. The summed E-state index contributed by atoms with van der Waals surface area (Å²) < 4.78 is 17.6. The lowest BCUT2D eigenvalue weighted by molar-refractivity contribution is -0.158. The molecule has 0 amide bonds. The average molecular weight is 397 g/mol. The zero-order valence-corrected chi connectivity index (χ0v) is 18.5. The van der Waals surface area contributed by atoms with Crippen molar-refractivity contribution in [2.24, 2.45) is 0 Å². The highest BCUT2D eigenvalue weighted by atomic mass is 16.7. The molecule has 2 aliphatic rings. The minimum absolute atomic E-state index is 0.00117. The minimum atomic E-state index is -0.509. The zero-order chi connectivity index (χ0) is 20.2. The Morgan fingerprint density at radius 1 is 0.929 bits per heavy atom. The normalized spacial score (nSPS) is 28.4.